The first-order valence-electron chi connectivity index (χ1n) is 11.0. The predicted octanol–water partition coefficient (Wildman–Crippen LogP) is 7.74. The molecule has 0 fully saturated rings. The van der Waals surface area contributed by atoms with E-state index in [1.165, 1.54) is 36.6 Å². The zero-order chi connectivity index (χ0) is 27.4. The summed E-state index contributed by atoms with van der Waals surface area (Å²) in [6.45, 7) is 6.01. The smallest absolute Gasteiger partial charge is 0.375 e. The van der Waals surface area contributed by atoms with E-state index in [0.717, 1.165) is 6.08 Å². The second-order valence-corrected chi connectivity index (χ2v) is 7.31. The third kappa shape index (κ3) is 8.71. The van der Waals surface area contributed by atoms with Crippen molar-refractivity contribution in [1.82, 2.24) is 15.0 Å². The fraction of sp³-hybridized carbons (Fsp3) is 0.269. The maximum Gasteiger partial charge on any atom is 0.392 e. The van der Waals surface area contributed by atoms with Crippen LogP contribution >= 0.6 is 0 Å². The van der Waals surface area contributed by atoms with Gasteiger partial charge in [-0.25, -0.2) is 18.7 Å². The van der Waals surface area contributed by atoms with Crippen LogP contribution in [0.1, 0.15) is 31.0 Å². The van der Waals surface area contributed by atoms with Crippen LogP contribution in [0.2, 0.25) is 0 Å². The molecule has 0 saturated carbocycles. The van der Waals surface area contributed by atoms with Gasteiger partial charge in [-0.1, -0.05) is 18.7 Å². The van der Waals surface area contributed by atoms with Crippen LogP contribution in [-0.2, 0) is 11.3 Å². The summed E-state index contributed by atoms with van der Waals surface area (Å²) in [6, 6.07) is 7.59. The van der Waals surface area contributed by atoms with Crippen molar-refractivity contribution in [1.29, 1.82) is 0 Å². The van der Waals surface area contributed by atoms with Gasteiger partial charge >= 0.3 is 6.18 Å². The van der Waals surface area contributed by atoms with Crippen molar-refractivity contribution in [2.75, 3.05) is 19.1 Å². The molecule has 198 valence electrons. The van der Waals surface area contributed by atoms with E-state index in [2.05, 4.69) is 26.8 Å². The first-order chi connectivity index (χ1) is 17.7. The number of hydrogen-bond donors (Lipinski definition) is 1. The molecule has 3 rings (SSSR count). The lowest BCUT2D eigenvalue weighted by Gasteiger charge is -2.14. The lowest BCUT2D eigenvalue weighted by molar-refractivity contribution is -0.125. The molecule has 0 saturated heterocycles. The van der Waals surface area contributed by atoms with Crippen LogP contribution < -0.4 is 5.32 Å². The highest BCUT2D eigenvalue weighted by molar-refractivity contribution is 5.91. The SMILES string of the molecule is C=C/C=C(\C=C/CC(F)(F)F)Nc1cc(COCC)nc2nc(-c3ncccc3C(F)F)ccc12.CF. The van der Waals surface area contributed by atoms with E-state index in [9.17, 15) is 26.3 Å². The molecule has 0 bridgehead atoms. The minimum absolute atomic E-state index is 0.0400. The van der Waals surface area contributed by atoms with E-state index in [-0.39, 0.29) is 29.2 Å². The summed E-state index contributed by atoms with van der Waals surface area (Å²) in [7, 11) is 0.500. The van der Waals surface area contributed by atoms with Gasteiger partial charge in [0.15, 0.2) is 5.65 Å². The molecule has 0 aliphatic heterocycles. The standard InChI is InChI=1S/C25H23F5N4O.CH3F/c1-3-7-16(8-5-12-25(28,29)30)32-21-14-17(15-35-4-2)33-24-18(21)10-11-20(34-24)22-19(23(26)27)9-6-13-31-22;1-2/h3,5-11,13-14,23H,1,4,12,15H2,2H3,(H,32,33,34);1H3/b8-5-,16-7+;. The number of anilines is 1. The van der Waals surface area contributed by atoms with Crippen LogP contribution in [0.3, 0.4) is 0 Å². The van der Waals surface area contributed by atoms with Gasteiger partial charge in [-0.2, -0.15) is 13.2 Å². The number of alkyl halides is 6. The van der Waals surface area contributed by atoms with Crippen molar-refractivity contribution in [3.63, 3.8) is 0 Å². The third-order valence-electron chi connectivity index (χ3n) is 4.72. The summed E-state index contributed by atoms with van der Waals surface area (Å²) >= 11 is 0. The summed E-state index contributed by atoms with van der Waals surface area (Å²) in [4.78, 5) is 13.0. The van der Waals surface area contributed by atoms with Gasteiger partial charge in [-0.15, -0.1) is 0 Å². The van der Waals surface area contributed by atoms with Crippen molar-refractivity contribution >= 4 is 16.7 Å². The van der Waals surface area contributed by atoms with E-state index in [1.54, 1.807) is 18.2 Å². The summed E-state index contributed by atoms with van der Waals surface area (Å²) in [5, 5.41) is 3.61. The van der Waals surface area contributed by atoms with Crippen LogP contribution in [0.5, 0.6) is 0 Å². The van der Waals surface area contributed by atoms with E-state index >= 15 is 0 Å². The second kappa shape index (κ2) is 14.1. The summed E-state index contributed by atoms with van der Waals surface area (Å²) in [5.74, 6) is 0. The number of halogens is 6. The zero-order valence-corrected chi connectivity index (χ0v) is 20.2. The predicted molar refractivity (Wildman–Crippen MR) is 132 cm³/mol. The monoisotopic (exact) mass is 524 g/mol. The third-order valence-corrected chi connectivity index (χ3v) is 4.72. The normalized spacial score (nSPS) is 12.1. The molecule has 0 atom stereocenters. The Bertz CT molecular complexity index is 1240. The highest BCUT2D eigenvalue weighted by atomic mass is 19.4. The van der Waals surface area contributed by atoms with Crippen LogP contribution in [0, 0.1) is 0 Å². The zero-order valence-electron chi connectivity index (χ0n) is 20.2. The number of hydrogen-bond acceptors (Lipinski definition) is 5. The number of ether oxygens (including phenoxy) is 1. The Balaban J connectivity index is 0.00000235. The fourth-order valence-electron chi connectivity index (χ4n) is 3.22. The van der Waals surface area contributed by atoms with E-state index in [4.69, 9.17) is 4.74 Å². The summed E-state index contributed by atoms with van der Waals surface area (Å²) in [5.41, 5.74) is 1.60. The molecule has 37 heavy (non-hydrogen) atoms. The van der Waals surface area contributed by atoms with Crippen LogP contribution in [-0.4, -0.2) is 34.9 Å². The Morgan fingerprint density at radius 1 is 1.16 bits per heavy atom. The topological polar surface area (TPSA) is 59.9 Å². The number of pyridine rings is 3. The molecule has 3 aromatic rings. The fourth-order valence-corrected chi connectivity index (χ4v) is 3.22. The summed E-state index contributed by atoms with van der Waals surface area (Å²) < 4.78 is 79.6. The Morgan fingerprint density at radius 3 is 2.57 bits per heavy atom. The Labute approximate surface area is 210 Å². The van der Waals surface area contributed by atoms with Crippen molar-refractivity contribution in [2.24, 2.45) is 0 Å². The molecule has 3 aromatic heterocycles. The first kappa shape index (κ1) is 29.5. The minimum Gasteiger partial charge on any atom is -0.375 e. The molecule has 1 N–H and O–H groups in total. The molecule has 0 aliphatic rings. The Kier molecular flexibility index (Phi) is 11.3. The molecular formula is C26H26F6N4O. The van der Waals surface area contributed by atoms with Gasteiger partial charge in [0.25, 0.3) is 6.43 Å². The molecule has 3 heterocycles. The Morgan fingerprint density at radius 2 is 1.92 bits per heavy atom. The molecule has 0 amide bonds. The lowest BCUT2D eigenvalue weighted by atomic mass is 10.1. The molecule has 0 aromatic carbocycles. The molecule has 0 radical (unpaired) electrons. The van der Waals surface area contributed by atoms with Crippen molar-refractivity contribution in [3.8, 4) is 11.4 Å². The van der Waals surface area contributed by atoms with Gasteiger partial charge in [-0.05, 0) is 49.4 Å². The van der Waals surface area contributed by atoms with Gasteiger partial charge in [0.05, 0.1) is 43.0 Å². The van der Waals surface area contributed by atoms with E-state index in [1.807, 2.05) is 6.92 Å². The molecule has 0 spiro atoms. The largest absolute Gasteiger partial charge is 0.392 e. The van der Waals surface area contributed by atoms with Gasteiger partial charge in [-0.3, -0.25) is 9.37 Å². The van der Waals surface area contributed by atoms with Crippen molar-refractivity contribution in [3.05, 3.63) is 84.4 Å². The maximum absolute atomic E-state index is 13.5. The molecule has 0 aliphatic carbocycles. The van der Waals surface area contributed by atoms with Crippen molar-refractivity contribution in [2.45, 2.75) is 32.6 Å². The highest BCUT2D eigenvalue weighted by Gasteiger charge is 2.24. The van der Waals surface area contributed by atoms with Crippen molar-refractivity contribution < 1.29 is 31.1 Å². The number of aromatic nitrogens is 3. The van der Waals surface area contributed by atoms with Crippen LogP contribution in [0.15, 0.2) is 73.1 Å². The highest BCUT2D eigenvalue weighted by Crippen LogP contribution is 2.31. The van der Waals surface area contributed by atoms with E-state index in [0.29, 0.717) is 36.2 Å². The summed E-state index contributed by atoms with van der Waals surface area (Å²) in [6.07, 6.45) is -1.49. The first-order valence-corrected chi connectivity index (χ1v) is 11.0. The lowest BCUT2D eigenvalue weighted by Crippen LogP contribution is -2.06. The van der Waals surface area contributed by atoms with Gasteiger partial charge in [0, 0.05) is 29.5 Å². The number of nitrogens with one attached hydrogen (secondary N) is 1. The number of nitrogens with zero attached hydrogens (tertiary/aromatic N) is 3. The van der Waals surface area contributed by atoms with Crippen LogP contribution in [0.4, 0.5) is 32.0 Å². The molecular weight excluding hydrogens is 498 g/mol. The van der Waals surface area contributed by atoms with Gasteiger partial charge in [0.1, 0.15) is 0 Å². The quantitative estimate of drug-likeness (QED) is 0.217. The second-order valence-electron chi connectivity index (χ2n) is 7.31. The molecule has 11 heteroatoms. The maximum atomic E-state index is 13.5. The molecule has 0 unspecified atom stereocenters. The number of fused-ring (bicyclic) bond motifs is 1. The molecule has 5 nitrogen and oxygen atoms in total. The minimum atomic E-state index is -4.33. The number of allylic oxidation sites excluding steroid dienone is 4. The van der Waals surface area contributed by atoms with Gasteiger partial charge in [0.2, 0.25) is 0 Å². The number of rotatable bonds is 10. The average Bonchev–Trinajstić information content (AvgIpc) is 2.87. The van der Waals surface area contributed by atoms with E-state index < -0.39 is 19.0 Å². The van der Waals surface area contributed by atoms with Crippen LogP contribution in [0.25, 0.3) is 22.4 Å². The average molecular weight is 525 g/mol. The van der Waals surface area contributed by atoms with Gasteiger partial charge < -0.3 is 10.1 Å². The Hall–Kier alpha value is -3.73.